The fourth-order valence-electron chi connectivity index (χ4n) is 2.66. The number of piperidine rings is 1. The van der Waals surface area contributed by atoms with Gasteiger partial charge in [0.2, 0.25) is 11.6 Å². The minimum Gasteiger partial charge on any atom is -0.366 e. The zero-order chi connectivity index (χ0) is 14.7. The van der Waals surface area contributed by atoms with Gasteiger partial charge >= 0.3 is 0 Å². The molecule has 2 aromatic heterocycles. The van der Waals surface area contributed by atoms with Crippen molar-refractivity contribution in [2.75, 3.05) is 25.0 Å². The Morgan fingerprint density at radius 2 is 2.10 bits per heavy atom. The van der Waals surface area contributed by atoms with E-state index in [0.717, 1.165) is 31.8 Å². The van der Waals surface area contributed by atoms with Gasteiger partial charge in [0.1, 0.15) is 5.82 Å². The number of aryl methyl sites for hydroxylation is 1. The van der Waals surface area contributed by atoms with Crippen LogP contribution in [0.15, 0.2) is 12.4 Å². The maximum Gasteiger partial charge on any atom is 0.224 e. The summed E-state index contributed by atoms with van der Waals surface area (Å²) >= 11 is 0. The van der Waals surface area contributed by atoms with Crippen molar-refractivity contribution in [3.05, 3.63) is 18.2 Å². The van der Waals surface area contributed by atoms with Crippen molar-refractivity contribution in [3.63, 3.8) is 0 Å². The van der Waals surface area contributed by atoms with Gasteiger partial charge in [0, 0.05) is 38.4 Å². The summed E-state index contributed by atoms with van der Waals surface area (Å²) in [4.78, 5) is 18.3. The molecule has 2 aromatic rings. The third-order valence-electron chi connectivity index (χ3n) is 3.84. The second kappa shape index (κ2) is 6.07. The topological polar surface area (TPSA) is 75.4 Å². The lowest BCUT2D eigenvalue weighted by Crippen LogP contribution is -2.36. The fourth-order valence-corrected chi connectivity index (χ4v) is 2.66. The molecule has 0 atom stereocenters. The number of carbonyl (C=O) groups is 1. The first-order valence-electron chi connectivity index (χ1n) is 7.44. The quantitative estimate of drug-likeness (QED) is 0.916. The molecule has 1 aliphatic heterocycles. The van der Waals surface area contributed by atoms with E-state index >= 15 is 0 Å². The van der Waals surface area contributed by atoms with Gasteiger partial charge in [-0.15, -0.1) is 10.2 Å². The summed E-state index contributed by atoms with van der Waals surface area (Å²) in [5, 5.41) is 11.3. The smallest absolute Gasteiger partial charge is 0.224 e. The first kappa shape index (κ1) is 13.8. The molecule has 0 unspecified atom stereocenters. The maximum atomic E-state index is 12.1. The van der Waals surface area contributed by atoms with Gasteiger partial charge in [-0.1, -0.05) is 0 Å². The first-order valence-corrected chi connectivity index (χ1v) is 7.44. The van der Waals surface area contributed by atoms with E-state index in [9.17, 15) is 4.79 Å². The van der Waals surface area contributed by atoms with Crippen molar-refractivity contribution in [2.45, 2.75) is 32.6 Å². The van der Waals surface area contributed by atoms with Crippen LogP contribution in [-0.2, 0) is 4.79 Å². The number of likely N-dealkylation sites (tertiary alicyclic amines) is 1. The van der Waals surface area contributed by atoms with E-state index in [1.807, 2.05) is 22.4 Å². The molecule has 7 nitrogen and oxygen atoms in total. The fraction of sp³-hybridized carbons (Fsp3) is 0.571. The van der Waals surface area contributed by atoms with Crippen molar-refractivity contribution in [1.82, 2.24) is 24.5 Å². The van der Waals surface area contributed by atoms with Crippen LogP contribution in [0.4, 0.5) is 5.82 Å². The maximum absolute atomic E-state index is 12.1. The normalized spacial score (nSPS) is 15.4. The van der Waals surface area contributed by atoms with Gasteiger partial charge in [-0.3, -0.25) is 9.20 Å². The molecule has 1 saturated heterocycles. The highest BCUT2D eigenvalue weighted by Gasteiger charge is 2.16. The molecule has 0 saturated carbocycles. The van der Waals surface area contributed by atoms with Crippen molar-refractivity contribution < 1.29 is 4.79 Å². The zero-order valence-electron chi connectivity index (χ0n) is 12.2. The third kappa shape index (κ3) is 2.96. The first-order chi connectivity index (χ1) is 10.3. The summed E-state index contributed by atoms with van der Waals surface area (Å²) in [7, 11) is 0. The molecular formula is C14H20N6O. The lowest BCUT2D eigenvalue weighted by molar-refractivity contribution is -0.131. The molecule has 0 aliphatic carbocycles. The van der Waals surface area contributed by atoms with Crippen molar-refractivity contribution in [1.29, 1.82) is 0 Å². The standard InChI is InChI=1S/C14H20N6O/c1-11-17-18-14-13(16-7-10-20(11)14)15-6-5-12(21)19-8-3-2-4-9-19/h7,10H,2-6,8-9H2,1H3,(H,15,16). The van der Waals surface area contributed by atoms with Crippen LogP contribution in [0.5, 0.6) is 0 Å². The van der Waals surface area contributed by atoms with Gasteiger partial charge in [0.05, 0.1) is 0 Å². The molecule has 3 rings (SSSR count). The highest BCUT2D eigenvalue weighted by Crippen LogP contribution is 2.13. The predicted molar refractivity (Wildman–Crippen MR) is 79.1 cm³/mol. The second-order valence-corrected chi connectivity index (χ2v) is 5.33. The zero-order valence-corrected chi connectivity index (χ0v) is 12.2. The SMILES string of the molecule is Cc1nnc2c(NCCC(=O)N3CCCCC3)nccn12. The lowest BCUT2D eigenvalue weighted by atomic mass is 10.1. The van der Waals surface area contributed by atoms with E-state index in [-0.39, 0.29) is 5.91 Å². The minimum absolute atomic E-state index is 0.215. The molecule has 1 amide bonds. The van der Waals surface area contributed by atoms with Gasteiger partial charge in [-0.05, 0) is 26.2 Å². The number of amides is 1. The van der Waals surface area contributed by atoms with E-state index in [1.54, 1.807) is 6.20 Å². The van der Waals surface area contributed by atoms with Crippen molar-refractivity contribution >= 4 is 17.4 Å². The molecule has 3 heterocycles. The Morgan fingerprint density at radius 3 is 2.90 bits per heavy atom. The number of rotatable bonds is 4. The Morgan fingerprint density at radius 1 is 1.29 bits per heavy atom. The monoisotopic (exact) mass is 288 g/mol. The average molecular weight is 288 g/mol. The van der Waals surface area contributed by atoms with Gasteiger partial charge < -0.3 is 10.2 Å². The van der Waals surface area contributed by atoms with Crippen LogP contribution in [0, 0.1) is 6.92 Å². The summed E-state index contributed by atoms with van der Waals surface area (Å²) in [5.41, 5.74) is 0.695. The van der Waals surface area contributed by atoms with Crippen molar-refractivity contribution in [3.8, 4) is 0 Å². The minimum atomic E-state index is 0.215. The number of nitrogens with one attached hydrogen (secondary N) is 1. The Balaban J connectivity index is 1.58. The van der Waals surface area contributed by atoms with Gasteiger partial charge in [-0.25, -0.2) is 4.98 Å². The second-order valence-electron chi connectivity index (χ2n) is 5.33. The largest absolute Gasteiger partial charge is 0.366 e. The number of fused-ring (bicyclic) bond motifs is 1. The molecule has 1 fully saturated rings. The Labute approximate surface area is 123 Å². The number of hydrogen-bond donors (Lipinski definition) is 1. The molecule has 0 aromatic carbocycles. The van der Waals surface area contributed by atoms with Crippen LogP contribution in [-0.4, -0.2) is 50.0 Å². The predicted octanol–water partition coefficient (Wildman–Crippen LogP) is 1.25. The summed E-state index contributed by atoms with van der Waals surface area (Å²) in [6.07, 6.45) is 7.50. The number of aromatic nitrogens is 4. The van der Waals surface area contributed by atoms with Crippen LogP contribution in [0.25, 0.3) is 5.65 Å². The van der Waals surface area contributed by atoms with E-state index in [4.69, 9.17) is 0 Å². The average Bonchev–Trinajstić information content (AvgIpc) is 2.91. The van der Waals surface area contributed by atoms with E-state index in [2.05, 4.69) is 20.5 Å². The summed E-state index contributed by atoms with van der Waals surface area (Å²) in [6, 6.07) is 0. The molecular weight excluding hydrogens is 268 g/mol. The van der Waals surface area contributed by atoms with Crippen LogP contribution in [0.1, 0.15) is 31.5 Å². The molecule has 7 heteroatoms. The summed E-state index contributed by atoms with van der Waals surface area (Å²) < 4.78 is 1.88. The van der Waals surface area contributed by atoms with E-state index in [0.29, 0.717) is 24.4 Å². The number of anilines is 1. The third-order valence-corrected chi connectivity index (χ3v) is 3.84. The van der Waals surface area contributed by atoms with Crippen LogP contribution in [0.2, 0.25) is 0 Å². The van der Waals surface area contributed by atoms with Crippen LogP contribution < -0.4 is 5.32 Å². The molecule has 21 heavy (non-hydrogen) atoms. The molecule has 0 bridgehead atoms. The van der Waals surface area contributed by atoms with Crippen LogP contribution in [0.3, 0.4) is 0 Å². The Bertz CT molecular complexity index is 631. The lowest BCUT2D eigenvalue weighted by Gasteiger charge is -2.26. The Hall–Kier alpha value is -2.18. The molecule has 112 valence electrons. The van der Waals surface area contributed by atoms with Gasteiger partial charge in [-0.2, -0.15) is 0 Å². The molecule has 1 N–H and O–H groups in total. The number of hydrogen-bond acceptors (Lipinski definition) is 5. The van der Waals surface area contributed by atoms with Crippen LogP contribution >= 0.6 is 0 Å². The van der Waals surface area contributed by atoms with Gasteiger partial charge in [0.25, 0.3) is 0 Å². The van der Waals surface area contributed by atoms with E-state index in [1.165, 1.54) is 6.42 Å². The molecule has 0 spiro atoms. The number of nitrogens with zero attached hydrogens (tertiary/aromatic N) is 5. The van der Waals surface area contributed by atoms with Gasteiger partial charge in [0.15, 0.2) is 5.82 Å². The molecule has 1 aliphatic rings. The number of carbonyl (C=O) groups excluding carboxylic acids is 1. The summed E-state index contributed by atoms with van der Waals surface area (Å²) in [5.74, 6) is 1.70. The highest BCUT2D eigenvalue weighted by atomic mass is 16.2. The molecule has 0 radical (unpaired) electrons. The summed E-state index contributed by atoms with van der Waals surface area (Å²) in [6.45, 7) is 4.25. The van der Waals surface area contributed by atoms with E-state index < -0.39 is 0 Å². The highest BCUT2D eigenvalue weighted by molar-refractivity contribution is 5.77. The Kier molecular flexibility index (Phi) is 3.98. The van der Waals surface area contributed by atoms with Crippen molar-refractivity contribution in [2.24, 2.45) is 0 Å².